The predicted octanol–water partition coefficient (Wildman–Crippen LogP) is 3.49. The minimum atomic E-state index is -1.43. The molecular formula is C9H18O2P+. The quantitative estimate of drug-likeness (QED) is 0.635. The molecule has 1 rings (SSSR count). The number of hydrogen-bond acceptors (Lipinski definition) is 2. The van der Waals surface area contributed by atoms with Crippen molar-refractivity contribution in [3.8, 4) is 0 Å². The molecule has 3 heteroatoms. The van der Waals surface area contributed by atoms with Crippen LogP contribution in [0.1, 0.15) is 45.4 Å². The Balaban J connectivity index is 2.66. The van der Waals surface area contributed by atoms with Gasteiger partial charge in [-0.2, -0.15) is 0 Å². The van der Waals surface area contributed by atoms with Gasteiger partial charge in [0, 0.05) is 0 Å². The van der Waals surface area contributed by atoms with Gasteiger partial charge in [0.2, 0.25) is 0 Å². The van der Waals surface area contributed by atoms with Crippen LogP contribution in [-0.2, 0) is 9.09 Å². The summed E-state index contributed by atoms with van der Waals surface area (Å²) in [5, 5.41) is 0.0162. The first kappa shape index (κ1) is 10.1. The van der Waals surface area contributed by atoms with Crippen LogP contribution in [0.15, 0.2) is 0 Å². The van der Waals surface area contributed by atoms with Crippen molar-refractivity contribution < 1.29 is 9.09 Å². The highest BCUT2D eigenvalue weighted by molar-refractivity contribution is 7.41. The van der Waals surface area contributed by atoms with Crippen molar-refractivity contribution in [3.05, 3.63) is 0 Å². The molecule has 0 bridgehead atoms. The van der Waals surface area contributed by atoms with Gasteiger partial charge >= 0.3 is 8.03 Å². The largest absolute Gasteiger partial charge is 0.514 e. The van der Waals surface area contributed by atoms with Crippen LogP contribution in [0.25, 0.3) is 0 Å². The summed E-state index contributed by atoms with van der Waals surface area (Å²) < 4.78 is 16.6. The number of rotatable bonds is 3. The Labute approximate surface area is 75.6 Å². The smallest absolute Gasteiger partial charge is 0.149 e. The topological polar surface area (TPSA) is 26.3 Å². The molecule has 1 aliphatic rings. The van der Waals surface area contributed by atoms with Crippen molar-refractivity contribution in [2.24, 2.45) is 0 Å². The normalized spacial score (nSPS) is 23.7. The van der Waals surface area contributed by atoms with Crippen LogP contribution >= 0.6 is 8.03 Å². The molecule has 1 unspecified atom stereocenters. The lowest BCUT2D eigenvalue weighted by molar-refractivity contribution is 0.318. The molecule has 0 spiro atoms. The fourth-order valence-electron chi connectivity index (χ4n) is 2.07. The zero-order valence-corrected chi connectivity index (χ0v) is 8.90. The molecule has 1 atom stereocenters. The molecule has 70 valence electrons. The van der Waals surface area contributed by atoms with E-state index in [-0.39, 0.29) is 5.16 Å². The summed E-state index contributed by atoms with van der Waals surface area (Å²) in [4.78, 5) is 0. The summed E-state index contributed by atoms with van der Waals surface area (Å²) in [5.74, 6) is 0. The fourth-order valence-corrected chi connectivity index (χ4v) is 3.40. The molecule has 1 saturated carbocycles. The lowest BCUT2D eigenvalue weighted by Crippen LogP contribution is -2.26. The second kappa shape index (κ2) is 4.34. The Kier molecular flexibility index (Phi) is 3.67. The van der Waals surface area contributed by atoms with E-state index in [0.29, 0.717) is 0 Å². The van der Waals surface area contributed by atoms with Crippen LogP contribution in [-0.4, -0.2) is 12.3 Å². The van der Waals surface area contributed by atoms with Crippen LogP contribution in [0.2, 0.25) is 0 Å². The maximum atomic E-state index is 11.6. The third-order valence-corrected chi connectivity index (χ3v) is 4.87. The highest BCUT2D eigenvalue weighted by Crippen LogP contribution is 2.51. The molecule has 0 radical (unpaired) electrons. The van der Waals surface area contributed by atoms with Crippen molar-refractivity contribution in [3.63, 3.8) is 0 Å². The second-order valence-corrected chi connectivity index (χ2v) is 5.41. The molecule has 0 heterocycles. The van der Waals surface area contributed by atoms with Crippen molar-refractivity contribution in [2.75, 3.05) is 7.11 Å². The Bertz CT molecular complexity index is 162. The minimum Gasteiger partial charge on any atom is -0.149 e. The van der Waals surface area contributed by atoms with Crippen LogP contribution in [0.4, 0.5) is 0 Å². The van der Waals surface area contributed by atoms with E-state index in [2.05, 4.69) is 6.92 Å². The Morgan fingerprint density at radius 3 is 2.33 bits per heavy atom. The molecule has 1 aliphatic carbocycles. The lowest BCUT2D eigenvalue weighted by atomic mass is 9.86. The van der Waals surface area contributed by atoms with Crippen molar-refractivity contribution in [1.29, 1.82) is 0 Å². The number of hydrogen-bond donors (Lipinski definition) is 0. The lowest BCUT2D eigenvalue weighted by Gasteiger charge is -2.24. The highest BCUT2D eigenvalue weighted by atomic mass is 31.1. The summed E-state index contributed by atoms with van der Waals surface area (Å²) in [7, 11) is 0.129. The van der Waals surface area contributed by atoms with Gasteiger partial charge in [0.25, 0.3) is 0 Å². The molecular weight excluding hydrogens is 171 g/mol. The van der Waals surface area contributed by atoms with Gasteiger partial charge < -0.3 is 0 Å². The second-order valence-electron chi connectivity index (χ2n) is 3.58. The van der Waals surface area contributed by atoms with E-state index in [4.69, 9.17) is 4.52 Å². The van der Waals surface area contributed by atoms with Gasteiger partial charge in [0.15, 0.2) is 5.16 Å². The van der Waals surface area contributed by atoms with Gasteiger partial charge in [-0.25, -0.2) is 0 Å². The third-order valence-electron chi connectivity index (χ3n) is 3.00. The minimum absolute atomic E-state index is 0.0162. The first-order chi connectivity index (χ1) is 5.75. The molecule has 12 heavy (non-hydrogen) atoms. The Morgan fingerprint density at radius 1 is 1.33 bits per heavy atom. The summed E-state index contributed by atoms with van der Waals surface area (Å²) in [6.07, 6.45) is 6.92. The van der Waals surface area contributed by atoms with E-state index in [9.17, 15) is 4.57 Å². The van der Waals surface area contributed by atoms with Crippen LogP contribution in [0.3, 0.4) is 0 Å². The van der Waals surface area contributed by atoms with Gasteiger partial charge in [0.05, 0.1) is 7.11 Å². The maximum Gasteiger partial charge on any atom is 0.514 e. The monoisotopic (exact) mass is 189 g/mol. The molecule has 2 nitrogen and oxygen atoms in total. The van der Waals surface area contributed by atoms with Gasteiger partial charge in [-0.1, -0.05) is 13.3 Å². The third kappa shape index (κ3) is 1.86. The summed E-state index contributed by atoms with van der Waals surface area (Å²) in [6.45, 7) is 2.12. The fraction of sp³-hybridized carbons (Fsp3) is 1.00. The maximum absolute atomic E-state index is 11.6. The van der Waals surface area contributed by atoms with Gasteiger partial charge in [0.1, 0.15) is 0 Å². The van der Waals surface area contributed by atoms with E-state index in [1.54, 1.807) is 7.11 Å². The van der Waals surface area contributed by atoms with Crippen molar-refractivity contribution in [1.82, 2.24) is 0 Å². The molecule has 1 fully saturated rings. The Morgan fingerprint density at radius 2 is 1.92 bits per heavy atom. The zero-order valence-electron chi connectivity index (χ0n) is 8.01. The van der Waals surface area contributed by atoms with E-state index in [1.165, 1.54) is 19.3 Å². The average Bonchev–Trinajstić information content (AvgIpc) is 2.17. The predicted molar refractivity (Wildman–Crippen MR) is 50.7 cm³/mol. The van der Waals surface area contributed by atoms with E-state index >= 15 is 0 Å². The van der Waals surface area contributed by atoms with Crippen molar-refractivity contribution >= 4 is 8.03 Å². The highest BCUT2D eigenvalue weighted by Gasteiger charge is 2.49. The first-order valence-corrected chi connectivity index (χ1v) is 5.94. The average molecular weight is 189 g/mol. The summed E-state index contributed by atoms with van der Waals surface area (Å²) in [5.41, 5.74) is 0. The molecule has 0 N–H and O–H groups in total. The van der Waals surface area contributed by atoms with Crippen LogP contribution < -0.4 is 0 Å². The van der Waals surface area contributed by atoms with Gasteiger partial charge in [-0.3, -0.25) is 0 Å². The summed E-state index contributed by atoms with van der Waals surface area (Å²) >= 11 is 0. The Hall–Kier alpha value is 0.0600. The molecule has 0 amide bonds. The van der Waals surface area contributed by atoms with Gasteiger partial charge in [-0.15, -0.1) is 4.52 Å². The molecule has 0 aromatic heterocycles. The van der Waals surface area contributed by atoms with Crippen molar-refractivity contribution in [2.45, 2.75) is 50.6 Å². The first-order valence-electron chi connectivity index (χ1n) is 4.76. The van der Waals surface area contributed by atoms with E-state index < -0.39 is 8.03 Å². The molecule has 0 aliphatic heterocycles. The molecule has 0 aromatic carbocycles. The van der Waals surface area contributed by atoms with E-state index in [1.807, 2.05) is 0 Å². The van der Waals surface area contributed by atoms with E-state index in [0.717, 1.165) is 19.3 Å². The molecule has 0 saturated heterocycles. The molecule has 0 aromatic rings. The zero-order chi connectivity index (χ0) is 9.03. The standard InChI is InChI=1S/C9H18O2P/c1-3-9(12(10)11-2)7-5-4-6-8-9/h3-8H2,1-2H3/q+1. The van der Waals surface area contributed by atoms with Crippen LogP contribution in [0, 0.1) is 0 Å². The van der Waals surface area contributed by atoms with Crippen LogP contribution in [0.5, 0.6) is 0 Å². The summed E-state index contributed by atoms with van der Waals surface area (Å²) in [6, 6.07) is 0. The SMILES string of the molecule is CCC1([P+](=O)OC)CCCCC1. The van der Waals surface area contributed by atoms with Gasteiger partial charge in [-0.05, 0) is 36.7 Å².